The summed E-state index contributed by atoms with van der Waals surface area (Å²) in [7, 11) is 0. The lowest BCUT2D eigenvalue weighted by molar-refractivity contribution is 0.0834. The molecular formula is C10H22O2. The van der Waals surface area contributed by atoms with Gasteiger partial charge in [-0.15, -0.1) is 0 Å². The van der Waals surface area contributed by atoms with Crippen molar-refractivity contribution in [3.63, 3.8) is 0 Å². The predicted molar refractivity (Wildman–Crippen MR) is 51.1 cm³/mol. The molecule has 0 aliphatic rings. The quantitative estimate of drug-likeness (QED) is 0.580. The van der Waals surface area contributed by atoms with Gasteiger partial charge in [-0.05, 0) is 19.8 Å². The van der Waals surface area contributed by atoms with Crippen molar-refractivity contribution in [3.8, 4) is 0 Å². The lowest BCUT2D eigenvalue weighted by atomic mass is 10.1. The molecule has 0 aliphatic carbocycles. The van der Waals surface area contributed by atoms with Gasteiger partial charge in [0.2, 0.25) is 0 Å². The third-order valence-corrected chi connectivity index (χ3v) is 2.00. The Kier molecular flexibility index (Phi) is 7.51. The molecule has 0 fully saturated rings. The summed E-state index contributed by atoms with van der Waals surface area (Å²) >= 11 is 0. The average Bonchev–Trinajstić information content (AvgIpc) is 1.97. The summed E-state index contributed by atoms with van der Waals surface area (Å²) in [5.74, 6) is 0. The molecule has 74 valence electrons. The first-order valence-electron chi connectivity index (χ1n) is 5.03. The predicted octanol–water partition coefficient (Wildman–Crippen LogP) is 2.09. The zero-order valence-electron chi connectivity index (χ0n) is 8.29. The summed E-state index contributed by atoms with van der Waals surface area (Å²) in [6.07, 6.45) is 5.45. The highest BCUT2D eigenvalue weighted by Crippen LogP contribution is 2.09. The van der Waals surface area contributed by atoms with Crippen LogP contribution in [0.15, 0.2) is 0 Å². The summed E-state index contributed by atoms with van der Waals surface area (Å²) in [6.45, 7) is 3.89. The summed E-state index contributed by atoms with van der Waals surface area (Å²) < 4.78 is 0. The monoisotopic (exact) mass is 174 g/mol. The Bertz CT molecular complexity index is 91.8. The van der Waals surface area contributed by atoms with Crippen LogP contribution in [-0.4, -0.2) is 22.4 Å². The molecule has 0 radical (unpaired) electrons. The van der Waals surface area contributed by atoms with Crippen LogP contribution in [0.5, 0.6) is 0 Å². The van der Waals surface area contributed by atoms with Crippen molar-refractivity contribution < 1.29 is 10.2 Å². The minimum Gasteiger partial charge on any atom is -0.393 e. The number of aliphatic hydroxyl groups excluding tert-OH is 2. The van der Waals surface area contributed by atoms with E-state index in [-0.39, 0.29) is 12.2 Å². The van der Waals surface area contributed by atoms with Gasteiger partial charge in [-0.25, -0.2) is 0 Å². The van der Waals surface area contributed by atoms with Gasteiger partial charge in [0.25, 0.3) is 0 Å². The molecule has 0 heterocycles. The van der Waals surface area contributed by atoms with E-state index < -0.39 is 0 Å². The van der Waals surface area contributed by atoms with Crippen LogP contribution < -0.4 is 0 Å². The number of unbranched alkanes of at least 4 members (excludes halogenated alkanes) is 3. The highest BCUT2D eigenvalue weighted by atomic mass is 16.3. The minimum atomic E-state index is -0.369. The summed E-state index contributed by atoms with van der Waals surface area (Å²) in [5, 5.41) is 18.3. The SMILES string of the molecule is CCCCCCC(O)CC(C)O. The highest BCUT2D eigenvalue weighted by molar-refractivity contribution is 4.59. The highest BCUT2D eigenvalue weighted by Gasteiger charge is 2.06. The Morgan fingerprint density at radius 1 is 1.08 bits per heavy atom. The van der Waals surface area contributed by atoms with E-state index in [9.17, 15) is 5.11 Å². The van der Waals surface area contributed by atoms with E-state index in [4.69, 9.17) is 5.11 Å². The Balaban J connectivity index is 3.14. The molecule has 12 heavy (non-hydrogen) atoms. The van der Waals surface area contributed by atoms with E-state index >= 15 is 0 Å². The second kappa shape index (κ2) is 7.56. The minimum absolute atomic E-state index is 0.304. The smallest absolute Gasteiger partial charge is 0.0564 e. The van der Waals surface area contributed by atoms with Crippen LogP contribution in [0.3, 0.4) is 0 Å². The van der Waals surface area contributed by atoms with Crippen molar-refractivity contribution in [2.24, 2.45) is 0 Å². The van der Waals surface area contributed by atoms with Crippen LogP contribution in [0.25, 0.3) is 0 Å². The van der Waals surface area contributed by atoms with Crippen molar-refractivity contribution in [2.45, 2.75) is 64.6 Å². The first-order valence-corrected chi connectivity index (χ1v) is 5.03. The molecular weight excluding hydrogens is 152 g/mol. The lowest BCUT2D eigenvalue weighted by Crippen LogP contribution is -2.14. The van der Waals surface area contributed by atoms with Crippen LogP contribution in [0.4, 0.5) is 0 Å². The fourth-order valence-corrected chi connectivity index (χ4v) is 1.32. The molecule has 2 atom stereocenters. The molecule has 0 rings (SSSR count). The number of hydrogen-bond acceptors (Lipinski definition) is 2. The van der Waals surface area contributed by atoms with Gasteiger partial charge in [0, 0.05) is 0 Å². The summed E-state index contributed by atoms with van der Waals surface area (Å²) in [5.41, 5.74) is 0. The number of rotatable bonds is 7. The lowest BCUT2D eigenvalue weighted by Gasteiger charge is -2.11. The largest absolute Gasteiger partial charge is 0.393 e. The normalized spacial score (nSPS) is 16.0. The Morgan fingerprint density at radius 2 is 1.75 bits per heavy atom. The van der Waals surface area contributed by atoms with E-state index in [1.165, 1.54) is 19.3 Å². The number of hydrogen-bond donors (Lipinski definition) is 2. The molecule has 0 saturated carbocycles. The fourth-order valence-electron chi connectivity index (χ4n) is 1.32. The van der Waals surface area contributed by atoms with Gasteiger partial charge in [0.1, 0.15) is 0 Å². The van der Waals surface area contributed by atoms with E-state index in [0.29, 0.717) is 6.42 Å². The Morgan fingerprint density at radius 3 is 2.25 bits per heavy atom. The second-order valence-corrected chi connectivity index (χ2v) is 3.59. The maximum absolute atomic E-state index is 9.36. The molecule has 2 heteroatoms. The Hall–Kier alpha value is -0.0800. The summed E-state index contributed by atoms with van der Waals surface area (Å²) in [6, 6.07) is 0. The molecule has 2 nitrogen and oxygen atoms in total. The maximum Gasteiger partial charge on any atom is 0.0564 e. The van der Waals surface area contributed by atoms with E-state index in [1.54, 1.807) is 6.92 Å². The zero-order valence-corrected chi connectivity index (χ0v) is 8.29. The molecule has 2 N–H and O–H groups in total. The molecule has 0 aromatic heterocycles. The third-order valence-electron chi connectivity index (χ3n) is 2.00. The third kappa shape index (κ3) is 8.02. The second-order valence-electron chi connectivity index (χ2n) is 3.59. The van der Waals surface area contributed by atoms with Crippen LogP contribution in [0.1, 0.15) is 52.4 Å². The van der Waals surface area contributed by atoms with E-state index in [1.807, 2.05) is 0 Å². The van der Waals surface area contributed by atoms with Gasteiger partial charge >= 0.3 is 0 Å². The van der Waals surface area contributed by atoms with Gasteiger partial charge in [-0.3, -0.25) is 0 Å². The fraction of sp³-hybridized carbons (Fsp3) is 1.00. The molecule has 0 aliphatic heterocycles. The molecule has 0 bridgehead atoms. The first-order chi connectivity index (χ1) is 5.66. The van der Waals surface area contributed by atoms with Gasteiger partial charge in [-0.2, -0.15) is 0 Å². The molecule has 0 aromatic rings. The van der Waals surface area contributed by atoms with Crippen molar-refractivity contribution in [1.82, 2.24) is 0 Å². The average molecular weight is 174 g/mol. The topological polar surface area (TPSA) is 40.5 Å². The van der Waals surface area contributed by atoms with Crippen molar-refractivity contribution in [3.05, 3.63) is 0 Å². The maximum atomic E-state index is 9.36. The van der Waals surface area contributed by atoms with Crippen molar-refractivity contribution in [2.75, 3.05) is 0 Å². The molecule has 0 amide bonds. The van der Waals surface area contributed by atoms with Crippen LogP contribution in [0, 0.1) is 0 Å². The van der Waals surface area contributed by atoms with Gasteiger partial charge < -0.3 is 10.2 Å². The van der Waals surface area contributed by atoms with Gasteiger partial charge in [0.05, 0.1) is 12.2 Å². The molecule has 0 spiro atoms. The van der Waals surface area contributed by atoms with Crippen LogP contribution >= 0.6 is 0 Å². The van der Waals surface area contributed by atoms with Crippen LogP contribution in [-0.2, 0) is 0 Å². The first kappa shape index (κ1) is 11.9. The Labute approximate surface area is 75.6 Å². The van der Waals surface area contributed by atoms with E-state index in [0.717, 1.165) is 12.8 Å². The van der Waals surface area contributed by atoms with E-state index in [2.05, 4.69) is 6.92 Å². The number of aliphatic hydroxyl groups is 2. The van der Waals surface area contributed by atoms with Gasteiger partial charge in [-0.1, -0.05) is 32.6 Å². The van der Waals surface area contributed by atoms with Gasteiger partial charge in [0.15, 0.2) is 0 Å². The zero-order chi connectivity index (χ0) is 9.40. The molecule has 0 saturated heterocycles. The molecule has 0 aromatic carbocycles. The van der Waals surface area contributed by atoms with Crippen molar-refractivity contribution in [1.29, 1.82) is 0 Å². The van der Waals surface area contributed by atoms with Crippen molar-refractivity contribution >= 4 is 0 Å². The standard InChI is InChI=1S/C10H22O2/c1-3-4-5-6-7-10(12)8-9(2)11/h9-12H,3-8H2,1-2H3. The summed E-state index contributed by atoms with van der Waals surface area (Å²) in [4.78, 5) is 0. The molecule has 2 unspecified atom stereocenters. The van der Waals surface area contributed by atoms with Crippen LogP contribution in [0.2, 0.25) is 0 Å².